The SMILES string of the molecule is CCNC(CCN(CC)C(C)CC)c1ccccc1Br. The van der Waals surface area contributed by atoms with E-state index in [-0.39, 0.29) is 0 Å². The van der Waals surface area contributed by atoms with Crippen molar-refractivity contribution in [2.24, 2.45) is 0 Å². The molecule has 0 saturated heterocycles. The summed E-state index contributed by atoms with van der Waals surface area (Å²) in [4.78, 5) is 2.57. The number of hydrogen-bond donors (Lipinski definition) is 1. The first-order valence-electron chi connectivity index (χ1n) is 7.85. The van der Waals surface area contributed by atoms with Crippen LogP contribution >= 0.6 is 15.9 Å². The van der Waals surface area contributed by atoms with Gasteiger partial charge in [-0.2, -0.15) is 0 Å². The molecule has 0 fully saturated rings. The molecule has 20 heavy (non-hydrogen) atoms. The fourth-order valence-electron chi connectivity index (χ4n) is 2.61. The monoisotopic (exact) mass is 340 g/mol. The van der Waals surface area contributed by atoms with Crippen LogP contribution in [-0.4, -0.2) is 30.6 Å². The Morgan fingerprint density at radius 2 is 1.90 bits per heavy atom. The van der Waals surface area contributed by atoms with E-state index in [0.717, 1.165) is 26.1 Å². The number of halogens is 1. The Hall–Kier alpha value is -0.380. The molecule has 0 aliphatic rings. The van der Waals surface area contributed by atoms with Crippen LogP contribution in [0, 0.1) is 0 Å². The molecule has 0 aliphatic heterocycles. The highest BCUT2D eigenvalue weighted by Crippen LogP contribution is 2.26. The van der Waals surface area contributed by atoms with E-state index in [0.29, 0.717) is 12.1 Å². The Kier molecular flexibility index (Phi) is 8.43. The molecule has 1 aromatic rings. The van der Waals surface area contributed by atoms with Crippen LogP contribution in [-0.2, 0) is 0 Å². The second kappa shape index (κ2) is 9.54. The molecule has 0 spiro atoms. The summed E-state index contributed by atoms with van der Waals surface area (Å²) in [6, 6.07) is 9.64. The van der Waals surface area contributed by atoms with Crippen LogP contribution in [0.25, 0.3) is 0 Å². The van der Waals surface area contributed by atoms with Crippen molar-refractivity contribution in [3.63, 3.8) is 0 Å². The highest BCUT2D eigenvalue weighted by molar-refractivity contribution is 9.10. The predicted molar refractivity (Wildman–Crippen MR) is 92.2 cm³/mol. The lowest BCUT2D eigenvalue weighted by atomic mass is 10.0. The maximum absolute atomic E-state index is 3.68. The van der Waals surface area contributed by atoms with E-state index >= 15 is 0 Å². The molecule has 1 rings (SSSR count). The fraction of sp³-hybridized carbons (Fsp3) is 0.647. The van der Waals surface area contributed by atoms with E-state index in [2.05, 4.69) is 78.1 Å². The average Bonchev–Trinajstić information content (AvgIpc) is 2.47. The van der Waals surface area contributed by atoms with Crippen molar-refractivity contribution in [2.45, 2.75) is 52.6 Å². The summed E-state index contributed by atoms with van der Waals surface area (Å²) in [5, 5.41) is 3.62. The summed E-state index contributed by atoms with van der Waals surface area (Å²) in [6.07, 6.45) is 2.36. The van der Waals surface area contributed by atoms with Crippen molar-refractivity contribution in [3.8, 4) is 0 Å². The van der Waals surface area contributed by atoms with Gasteiger partial charge in [-0.05, 0) is 44.5 Å². The summed E-state index contributed by atoms with van der Waals surface area (Å²) < 4.78 is 1.21. The standard InChI is InChI=1S/C17H29BrN2/c1-5-14(4)20(7-3)13-12-17(19-6-2)15-10-8-9-11-16(15)18/h8-11,14,17,19H,5-7,12-13H2,1-4H3. The third-order valence-electron chi connectivity index (χ3n) is 4.06. The first kappa shape index (κ1) is 17.7. The Labute approximate surface area is 133 Å². The number of benzene rings is 1. The molecule has 3 heteroatoms. The lowest BCUT2D eigenvalue weighted by molar-refractivity contribution is 0.203. The summed E-state index contributed by atoms with van der Waals surface area (Å²) >= 11 is 3.68. The molecule has 0 saturated carbocycles. The van der Waals surface area contributed by atoms with Gasteiger partial charge in [-0.3, -0.25) is 0 Å². The number of nitrogens with zero attached hydrogens (tertiary/aromatic N) is 1. The van der Waals surface area contributed by atoms with Crippen LogP contribution in [0.4, 0.5) is 0 Å². The lowest BCUT2D eigenvalue weighted by Crippen LogP contribution is -2.35. The second-order valence-electron chi connectivity index (χ2n) is 5.31. The van der Waals surface area contributed by atoms with Crippen LogP contribution < -0.4 is 5.32 Å². The first-order valence-corrected chi connectivity index (χ1v) is 8.65. The molecule has 0 amide bonds. The summed E-state index contributed by atoms with van der Waals surface area (Å²) in [6.45, 7) is 12.3. The Morgan fingerprint density at radius 1 is 1.20 bits per heavy atom. The molecule has 0 aliphatic carbocycles. The van der Waals surface area contributed by atoms with Crippen molar-refractivity contribution < 1.29 is 0 Å². The highest BCUT2D eigenvalue weighted by Gasteiger charge is 2.16. The minimum atomic E-state index is 0.425. The van der Waals surface area contributed by atoms with Gasteiger partial charge >= 0.3 is 0 Å². The minimum Gasteiger partial charge on any atom is -0.310 e. The van der Waals surface area contributed by atoms with E-state index in [1.165, 1.54) is 16.5 Å². The third kappa shape index (κ3) is 5.19. The van der Waals surface area contributed by atoms with Crippen molar-refractivity contribution in [2.75, 3.05) is 19.6 Å². The van der Waals surface area contributed by atoms with E-state index in [1.807, 2.05) is 0 Å². The van der Waals surface area contributed by atoms with Gasteiger partial charge in [0.05, 0.1) is 0 Å². The van der Waals surface area contributed by atoms with Crippen LogP contribution in [0.15, 0.2) is 28.7 Å². The molecule has 1 aromatic carbocycles. The maximum atomic E-state index is 3.68. The number of hydrogen-bond acceptors (Lipinski definition) is 2. The van der Waals surface area contributed by atoms with Gasteiger partial charge in [-0.1, -0.05) is 54.9 Å². The zero-order chi connectivity index (χ0) is 15.0. The van der Waals surface area contributed by atoms with Crippen LogP contribution in [0.1, 0.15) is 52.1 Å². The quantitative estimate of drug-likeness (QED) is 0.706. The van der Waals surface area contributed by atoms with Gasteiger partial charge in [0, 0.05) is 23.1 Å². The lowest BCUT2D eigenvalue weighted by Gasteiger charge is -2.29. The fourth-order valence-corrected chi connectivity index (χ4v) is 3.18. The molecule has 0 radical (unpaired) electrons. The Morgan fingerprint density at radius 3 is 2.45 bits per heavy atom. The first-order chi connectivity index (χ1) is 9.63. The number of rotatable bonds is 9. The van der Waals surface area contributed by atoms with Gasteiger partial charge in [0.15, 0.2) is 0 Å². The van der Waals surface area contributed by atoms with E-state index in [9.17, 15) is 0 Å². The molecule has 0 aromatic heterocycles. The molecule has 1 N–H and O–H groups in total. The molecule has 2 nitrogen and oxygen atoms in total. The zero-order valence-corrected chi connectivity index (χ0v) is 14.9. The van der Waals surface area contributed by atoms with Crippen molar-refractivity contribution >= 4 is 15.9 Å². The summed E-state index contributed by atoms with van der Waals surface area (Å²) in [5.41, 5.74) is 1.37. The smallest absolute Gasteiger partial charge is 0.0343 e. The Balaban J connectivity index is 2.70. The molecular weight excluding hydrogens is 312 g/mol. The molecular formula is C17H29BrN2. The van der Waals surface area contributed by atoms with Crippen LogP contribution in [0.3, 0.4) is 0 Å². The van der Waals surface area contributed by atoms with E-state index in [1.54, 1.807) is 0 Å². The van der Waals surface area contributed by atoms with Gasteiger partial charge < -0.3 is 10.2 Å². The highest BCUT2D eigenvalue weighted by atomic mass is 79.9. The van der Waals surface area contributed by atoms with Gasteiger partial charge in [0.1, 0.15) is 0 Å². The van der Waals surface area contributed by atoms with E-state index in [4.69, 9.17) is 0 Å². The van der Waals surface area contributed by atoms with Crippen LogP contribution in [0.2, 0.25) is 0 Å². The predicted octanol–water partition coefficient (Wildman–Crippen LogP) is 4.61. The largest absolute Gasteiger partial charge is 0.310 e. The van der Waals surface area contributed by atoms with Crippen LogP contribution in [0.5, 0.6) is 0 Å². The Bertz CT molecular complexity index is 381. The van der Waals surface area contributed by atoms with Crippen molar-refractivity contribution in [3.05, 3.63) is 34.3 Å². The summed E-state index contributed by atoms with van der Waals surface area (Å²) in [5.74, 6) is 0. The molecule has 2 atom stereocenters. The normalized spacial score (nSPS) is 14.5. The van der Waals surface area contributed by atoms with Crippen molar-refractivity contribution in [1.82, 2.24) is 10.2 Å². The van der Waals surface area contributed by atoms with Gasteiger partial charge in [-0.25, -0.2) is 0 Å². The number of nitrogens with one attached hydrogen (secondary N) is 1. The zero-order valence-electron chi connectivity index (χ0n) is 13.3. The topological polar surface area (TPSA) is 15.3 Å². The second-order valence-corrected chi connectivity index (χ2v) is 6.16. The molecule has 114 valence electrons. The maximum Gasteiger partial charge on any atom is 0.0343 e. The van der Waals surface area contributed by atoms with Gasteiger partial charge in [-0.15, -0.1) is 0 Å². The average molecular weight is 341 g/mol. The molecule has 0 heterocycles. The summed E-state index contributed by atoms with van der Waals surface area (Å²) in [7, 11) is 0. The molecule has 2 unspecified atom stereocenters. The van der Waals surface area contributed by atoms with Gasteiger partial charge in [0.2, 0.25) is 0 Å². The van der Waals surface area contributed by atoms with Crippen molar-refractivity contribution in [1.29, 1.82) is 0 Å². The van der Waals surface area contributed by atoms with E-state index < -0.39 is 0 Å². The molecule has 0 bridgehead atoms. The van der Waals surface area contributed by atoms with Gasteiger partial charge in [0.25, 0.3) is 0 Å². The minimum absolute atomic E-state index is 0.425. The third-order valence-corrected chi connectivity index (χ3v) is 4.78.